The van der Waals surface area contributed by atoms with Crippen LogP contribution in [0.15, 0.2) is 24.3 Å². The molecule has 0 atom stereocenters. The number of aromatic nitrogens is 3. The molecule has 22 heavy (non-hydrogen) atoms. The third kappa shape index (κ3) is 3.87. The van der Waals surface area contributed by atoms with Gasteiger partial charge in [0, 0.05) is 19.7 Å². The van der Waals surface area contributed by atoms with Gasteiger partial charge in [-0.2, -0.15) is 15.0 Å². The van der Waals surface area contributed by atoms with Crippen LogP contribution in [-0.2, 0) is 6.54 Å². The second kappa shape index (κ2) is 6.79. The molecule has 1 aromatic heterocycles. The Balaban J connectivity index is 2.10. The number of carbonyl (C=O) groups excluding carboxylic acids is 1. The number of nitrogens with zero attached hydrogens (tertiary/aromatic N) is 4. The Kier molecular flexibility index (Phi) is 4.82. The standard InChI is InChI=1S/C14H16FN5O2/c1-20(2)13-17-11(18-14(19-13)22-3)8-16-12(21)9-5-4-6-10(15)7-9/h4-7H,8H2,1-3H3,(H,16,21). The Morgan fingerprint density at radius 1 is 1.32 bits per heavy atom. The Morgan fingerprint density at radius 2 is 2.09 bits per heavy atom. The second-order valence-corrected chi connectivity index (χ2v) is 4.63. The van der Waals surface area contributed by atoms with E-state index in [0.717, 1.165) is 6.07 Å². The molecule has 0 bridgehead atoms. The molecule has 1 aromatic carbocycles. The molecule has 0 spiro atoms. The van der Waals surface area contributed by atoms with E-state index in [9.17, 15) is 9.18 Å². The molecule has 1 N–H and O–H groups in total. The quantitative estimate of drug-likeness (QED) is 0.888. The molecule has 0 saturated heterocycles. The predicted molar refractivity (Wildman–Crippen MR) is 78.3 cm³/mol. The molecule has 0 fully saturated rings. The smallest absolute Gasteiger partial charge is 0.321 e. The van der Waals surface area contributed by atoms with Crippen molar-refractivity contribution in [2.45, 2.75) is 6.54 Å². The van der Waals surface area contributed by atoms with Gasteiger partial charge >= 0.3 is 6.01 Å². The highest BCUT2D eigenvalue weighted by Gasteiger charge is 2.11. The van der Waals surface area contributed by atoms with Crippen molar-refractivity contribution in [3.8, 4) is 6.01 Å². The van der Waals surface area contributed by atoms with E-state index in [1.54, 1.807) is 19.0 Å². The van der Waals surface area contributed by atoms with Crippen LogP contribution in [0.5, 0.6) is 6.01 Å². The van der Waals surface area contributed by atoms with Gasteiger partial charge in [0.15, 0.2) is 5.82 Å². The number of nitrogens with one attached hydrogen (secondary N) is 1. The SMILES string of the molecule is COc1nc(CNC(=O)c2cccc(F)c2)nc(N(C)C)n1. The summed E-state index contributed by atoms with van der Waals surface area (Å²) < 4.78 is 18.1. The van der Waals surface area contributed by atoms with E-state index in [1.807, 2.05) is 0 Å². The molecule has 8 heteroatoms. The summed E-state index contributed by atoms with van der Waals surface area (Å²) in [6, 6.07) is 5.59. The maximum Gasteiger partial charge on any atom is 0.321 e. The number of hydrogen-bond acceptors (Lipinski definition) is 6. The highest BCUT2D eigenvalue weighted by Crippen LogP contribution is 2.10. The number of anilines is 1. The van der Waals surface area contributed by atoms with Crippen LogP contribution >= 0.6 is 0 Å². The number of ether oxygens (including phenoxy) is 1. The van der Waals surface area contributed by atoms with Crippen LogP contribution in [0, 0.1) is 5.82 Å². The Morgan fingerprint density at radius 3 is 2.73 bits per heavy atom. The Bertz CT molecular complexity index is 678. The van der Waals surface area contributed by atoms with Gasteiger partial charge in [0.2, 0.25) is 5.95 Å². The maximum absolute atomic E-state index is 13.1. The highest BCUT2D eigenvalue weighted by molar-refractivity contribution is 5.94. The topological polar surface area (TPSA) is 80.2 Å². The Labute approximate surface area is 127 Å². The zero-order valence-corrected chi connectivity index (χ0v) is 12.5. The van der Waals surface area contributed by atoms with Gasteiger partial charge in [-0.3, -0.25) is 4.79 Å². The third-order valence-corrected chi connectivity index (χ3v) is 2.73. The number of rotatable bonds is 5. The van der Waals surface area contributed by atoms with Crippen LogP contribution in [0.3, 0.4) is 0 Å². The average Bonchev–Trinajstić information content (AvgIpc) is 2.52. The van der Waals surface area contributed by atoms with E-state index in [0.29, 0.717) is 11.8 Å². The molecule has 0 aliphatic heterocycles. The lowest BCUT2D eigenvalue weighted by Crippen LogP contribution is -2.25. The molecule has 0 unspecified atom stereocenters. The van der Waals surface area contributed by atoms with Crippen molar-refractivity contribution < 1.29 is 13.9 Å². The molecule has 0 saturated carbocycles. The molecule has 0 radical (unpaired) electrons. The van der Waals surface area contributed by atoms with Gasteiger partial charge in [-0.15, -0.1) is 0 Å². The van der Waals surface area contributed by atoms with Crippen LogP contribution < -0.4 is 15.0 Å². The highest BCUT2D eigenvalue weighted by atomic mass is 19.1. The summed E-state index contributed by atoms with van der Waals surface area (Å²) in [6.07, 6.45) is 0. The number of benzene rings is 1. The summed E-state index contributed by atoms with van der Waals surface area (Å²) in [5.74, 6) is -0.114. The Hall–Kier alpha value is -2.77. The number of carbonyl (C=O) groups is 1. The monoisotopic (exact) mass is 305 g/mol. The molecule has 0 aliphatic carbocycles. The molecule has 2 aromatic rings. The van der Waals surface area contributed by atoms with Crippen LogP contribution in [0.4, 0.5) is 10.3 Å². The lowest BCUT2D eigenvalue weighted by molar-refractivity contribution is 0.0949. The minimum atomic E-state index is -0.468. The number of hydrogen-bond donors (Lipinski definition) is 1. The fourth-order valence-corrected chi connectivity index (χ4v) is 1.65. The minimum Gasteiger partial charge on any atom is -0.467 e. The molecule has 7 nitrogen and oxygen atoms in total. The maximum atomic E-state index is 13.1. The van der Waals surface area contributed by atoms with Crippen molar-refractivity contribution in [2.75, 3.05) is 26.1 Å². The molecule has 1 amide bonds. The van der Waals surface area contributed by atoms with Crippen molar-refractivity contribution in [3.05, 3.63) is 41.5 Å². The zero-order valence-electron chi connectivity index (χ0n) is 12.5. The first kappa shape index (κ1) is 15.6. The fourth-order valence-electron chi connectivity index (χ4n) is 1.65. The van der Waals surface area contributed by atoms with E-state index >= 15 is 0 Å². The van der Waals surface area contributed by atoms with E-state index in [2.05, 4.69) is 20.3 Å². The van der Waals surface area contributed by atoms with Gasteiger partial charge < -0.3 is 15.0 Å². The van der Waals surface area contributed by atoms with Crippen molar-refractivity contribution in [1.29, 1.82) is 0 Å². The van der Waals surface area contributed by atoms with E-state index < -0.39 is 11.7 Å². The van der Waals surface area contributed by atoms with E-state index in [-0.39, 0.29) is 18.1 Å². The number of amides is 1. The summed E-state index contributed by atoms with van der Waals surface area (Å²) in [5, 5.41) is 2.63. The average molecular weight is 305 g/mol. The van der Waals surface area contributed by atoms with Gasteiger partial charge in [0.25, 0.3) is 5.91 Å². The van der Waals surface area contributed by atoms with Gasteiger partial charge in [0.1, 0.15) is 5.82 Å². The molecule has 116 valence electrons. The lowest BCUT2D eigenvalue weighted by Gasteiger charge is -2.12. The van der Waals surface area contributed by atoms with Gasteiger partial charge in [-0.1, -0.05) is 6.07 Å². The molecule has 1 heterocycles. The first-order chi connectivity index (χ1) is 10.5. The minimum absolute atomic E-state index is 0.0784. The van der Waals surface area contributed by atoms with Crippen LogP contribution in [0.1, 0.15) is 16.2 Å². The second-order valence-electron chi connectivity index (χ2n) is 4.63. The number of methoxy groups -OCH3 is 1. The molecule has 2 rings (SSSR count). The summed E-state index contributed by atoms with van der Waals surface area (Å²) >= 11 is 0. The summed E-state index contributed by atoms with van der Waals surface area (Å²) in [5.41, 5.74) is 0.230. The van der Waals surface area contributed by atoms with Crippen molar-refractivity contribution in [1.82, 2.24) is 20.3 Å². The van der Waals surface area contributed by atoms with Crippen molar-refractivity contribution >= 4 is 11.9 Å². The first-order valence-corrected chi connectivity index (χ1v) is 6.49. The largest absolute Gasteiger partial charge is 0.467 e. The predicted octanol–water partition coefficient (Wildman–Crippen LogP) is 1.02. The van der Waals surface area contributed by atoms with Crippen LogP contribution in [-0.4, -0.2) is 42.1 Å². The van der Waals surface area contributed by atoms with Crippen molar-refractivity contribution in [2.24, 2.45) is 0 Å². The van der Waals surface area contributed by atoms with Crippen LogP contribution in [0.2, 0.25) is 0 Å². The molecular weight excluding hydrogens is 289 g/mol. The van der Waals surface area contributed by atoms with Crippen molar-refractivity contribution in [3.63, 3.8) is 0 Å². The van der Waals surface area contributed by atoms with Gasteiger partial charge in [-0.25, -0.2) is 4.39 Å². The molecule has 0 aliphatic rings. The van der Waals surface area contributed by atoms with E-state index in [4.69, 9.17) is 4.74 Å². The zero-order chi connectivity index (χ0) is 16.1. The summed E-state index contributed by atoms with van der Waals surface area (Å²) in [6.45, 7) is 0.0784. The van der Waals surface area contributed by atoms with Gasteiger partial charge in [-0.05, 0) is 18.2 Å². The van der Waals surface area contributed by atoms with E-state index in [1.165, 1.54) is 25.3 Å². The first-order valence-electron chi connectivity index (χ1n) is 6.49. The van der Waals surface area contributed by atoms with Crippen LogP contribution in [0.25, 0.3) is 0 Å². The number of halogens is 1. The summed E-state index contributed by atoms with van der Waals surface area (Å²) in [4.78, 5) is 26.0. The lowest BCUT2D eigenvalue weighted by atomic mass is 10.2. The summed E-state index contributed by atoms with van der Waals surface area (Å²) in [7, 11) is 5.01. The fraction of sp³-hybridized carbons (Fsp3) is 0.286. The molecular formula is C14H16FN5O2. The normalized spacial score (nSPS) is 10.2. The van der Waals surface area contributed by atoms with Gasteiger partial charge in [0.05, 0.1) is 13.7 Å². The third-order valence-electron chi connectivity index (χ3n) is 2.73.